The lowest BCUT2D eigenvalue weighted by atomic mass is 10.0. The van der Waals surface area contributed by atoms with Crippen molar-refractivity contribution in [1.29, 1.82) is 0 Å². The fraction of sp³-hybridized carbons (Fsp3) is 0.708. The molecule has 0 aromatic carbocycles. The van der Waals surface area contributed by atoms with Crippen LogP contribution in [0, 0.1) is 0 Å². The number of hydrogen-bond acceptors (Lipinski definition) is 1. The van der Waals surface area contributed by atoms with E-state index < -0.39 is 0 Å². The standard InChI is InChI=1S/C24H41NO/c1-2-3-4-5-6-7-8-9-10-11-12-13-14-15-16-17-18-19-23-20-21-24(22-26)25-23/h7-8,20-22,25H,2-6,9-19H2,1H3. The largest absolute Gasteiger partial charge is 0.356 e. The highest BCUT2D eigenvalue weighted by molar-refractivity contribution is 5.71. The second kappa shape index (κ2) is 17.1. The highest BCUT2D eigenvalue weighted by Crippen LogP contribution is 2.13. The number of aromatic nitrogens is 1. The number of aryl methyl sites for hydroxylation is 1. The molecule has 0 amide bonds. The number of unbranched alkanes of at least 4 members (excludes halogenated alkanes) is 13. The molecule has 0 unspecified atom stereocenters. The van der Waals surface area contributed by atoms with E-state index in [4.69, 9.17) is 0 Å². The molecule has 0 saturated heterocycles. The van der Waals surface area contributed by atoms with Crippen molar-refractivity contribution >= 4 is 6.29 Å². The summed E-state index contributed by atoms with van der Waals surface area (Å²) < 4.78 is 0. The van der Waals surface area contributed by atoms with Gasteiger partial charge in [0.1, 0.15) is 0 Å². The summed E-state index contributed by atoms with van der Waals surface area (Å²) in [4.78, 5) is 13.8. The normalized spacial score (nSPS) is 11.4. The number of aldehydes is 1. The van der Waals surface area contributed by atoms with Crippen LogP contribution in [0.5, 0.6) is 0 Å². The van der Waals surface area contributed by atoms with Gasteiger partial charge in [0.2, 0.25) is 0 Å². The molecule has 0 radical (unpaired) electrons. The summed E-state index contributed by atoms with van der Waals surface area (Å²) in [7, 11) is 0. The van der Waals surface area contributed by atoms with Gasteiger partial charge in [-0.15, -0.1) is 0 Å². The molecule has 1 rings (SSSR count). The lowest BCUT2D eigenvalue weighted by molar-refractivity contribution is 0.111. The first kappa shape index (κ1) is 22.7. The highest BCUT2D eigenvalue weighted by Gasteiger charge is 1.98. The van der Waals surface area contributed by atoms with Crippen molar-refractivity contribution in [2.45, 2.75) is 110 Å². The van der Waals surface area contributed by atoms with Gasteiger partial charge in [0.05, 0.1) is 5.69 Å². The molecule has 1 heterocycles. The monoisotopic (exact) mass is 359 g/mol. The molecular weight excluding hydrogens is 318 g/mol. The molecule has 0 bridgehead atoms. The first-order valence-electron chi connectivity index (χ1n) is 11.1. The van der Waals surface area contributed by atoms with Crippen LogP contribution in [0.2, 0.25) is 0 Å². The van der Waals surface area contributed by atoms with Gasteiger partial charge in [0, 0.05) is 5.69 Å². The van der Waals surface area contributed by atoms with E-state index in [0.717, 1.165) is 12.7 Å². The van der Waals surface area contributed by atoms with Crippen LogP contribution in [0.4, 0.5) is 0 Å². The number of hydrogen-bond donors (Lipinski definition) is 1. The molecule has 0 aliphatic heterocycles. The van der Waals surface area contributed by atoms with Crippen molar-refractivity contribution in [3.8, 4) is 0 Å². The van der Waals surface area contributed by atoms with E-state index in [1.165, 1.54) is 102 Å². The summed E-state index contributed by atoms with van der Waals surface area (Å²) >= 11 is 0. The quantitative estimate of drug-likeness (QED) is 0.162. The molecule has 2 heteroatoms. The van der Waals surface area contributed by atoms with Gasteiger partial charge in [-0.05, 0) is 50.7 Å². The predicted octanol–water partition coefficient (Wildman–Crippen LogP) is 7.80. The molecule has 0 spiro atoms. The molecule has 26 heavy (non-hydrogen) atoms. The van der Waals surface area contributed by atoms with Crippen molar-refractivity contribution in [1.82, 2.24) is 4.98 Å². The number of carbonyl (C=O) groups excluding carboxylic acids is 1. The van der Waals surface area contributed by atoms with Gasteiger partial charge in [0.15, 0.2) is 6.29 Å². The first-order valence-corrected chi connectivity index (χ1v) is 11.1. The van der Waals surface area contributed by atoms with E-state index in [0.29, 0.717) is 5.69 Å². The summed E-state index contributed by atoms with van der Waals surface area (Å²) in [5.74, 6) is 0. The van der Waals surface area contributed by atoms with Crippen LogP contribution in [-0.2, 0) is 6.42 Å². The Morgan fingerprint density at radius 3 is 1.81 bits per heavy atom. The molecule has 0 aliphatic rings. The van der Waals surface area contributed by atoms with E-state index in [9.17, 15) is 4.79 Å². The Balaban J connectivity index is 1.76. The first-order chi connectivity index (χ1) is 12.9. The van der Waals surface area contributed by atoms with Gasteiger partial charge in [-0.1, -0.05) is 83.3 Å². The van der Waals surface area contributed by atoms with E-state index in [-0.39, 0.29) is 0 Å². The van der Waals surface area contributed by atoms with Crippen LogP contribution >= 0.6 is 0 Å². The number of aromatic amines is 1. The zero-order valence-electron chi connectivity index (χ0n) is 17.1. The van der Waals surface area contributed by atoms with E-state index in [1.54, 1.807) is 0 Å². The molecule has 148 valence electrons. The van der Waals surface area contributed by atoms with Crippen LogP contribution in [0.1, 0.15) is 119 Å². The molecule has 0 atom stereocenters. The van der Waals surface area contributed by atoms with Crippen LogP contribution in [-0.4, -0.2) is 11.3 Å². The average Bonchev–Trinajstić information content (AvgIpc) is 3.12. The summed E-state index contributed by atoms with van der Waals surface area (Å²) in [6.45, 7) is 2.27. The summed E-state index contributed by atoms with van der Waals surface area (Å²) in [6, 6.07) is 3.90. The number of rotatable bonds is 18. The van der Waals surface area contributed by atoms with Gasteiger partial charge < -0.3 is 4.98 Å². The van der Waals surface area contributed by atoms with Crippen LogP contribution < -0.4 is 0 Å². The van der Waals surface area contributed by atoms with Crippen LogP contribution in [0.15, 0.2) is 24.3 Å². The van der Waals surface area contributed by atoms with Gasteiger partial charge in [-0.2, -0.15) is 0 Å². The van der Waals surface area contributed by atoms with Gasteiger partial charge in [0.25, 0.3) is 0 Å². The second-order valence-electron chi connectivity index (χ2n) is 7.60. The van der Waals surface area contributed by atoms with E-state index >= 15 is 0 Å². The van der Waals surface area contributed by atoms with Crippen LogP contribution in [0.25, 0.3) is 0 Å². The zero-order valence-corrected chi connectivity index (χ0v) is 17.1. The molecule has 0 aliphatic carbocycles. The molecular formula is C24H41NO. The highest BCUT2D eigenvalue weighted by atomic mass is 16.1. The molecule has 0 fully saturated rings. The maximum atomic E-state index is 10.6. The third-order valence-corrected chi connectivity index (χ3v) is 5.10. The summed E-state index contributed by atoms with van der Waals surface area (Å²) in [6.07, 6.45) is 27.0. The minimum absolute atomic E-state index is 0.697. The Bertz CT molecular complexity index is 461. The molecule has 1 aromatic rings. The minimum atomic E-state index is 0.697. The Labute approximate surface area is 161 Å². The van der Waals surface area contributed by atoms with E-state index in [1.807, 2.05) is 12.1 Å². The third kappa shape index (κ3) is 13.0. The molecule has 1 aromatic heterocycles. The maximum Gasteiger partial charge on any atom is 0.166 e. The van der Waals surface area contributed by atoms with Gasteiger partial charge >= 0.3 is 0 Å². The van der Waals surface area contributed by atoms with Gasteiger partial charge in [-0.25, -0.2) is 0 Å². The SMILES string of the molecule is CCCCCCC=CCCCCCCCCCCCc1ccc(C=O)[nH]1. The minimum Gasteiger partial charge on any atom is -0.356 e. The Hall–Kier alpha value is -1.31. The van der Waals surface area contributed by atoms with Crippen molar-refractivity contribution in [2.75, 3.05) is 0 Å². The number of H-pyrrole nitrogens is 1. The van der Waals surface area contributed by atoms with Gasteiger partial charge in [-0.3, -0.25) is 4.79 Å². The van der Waals surface area contributed by atoms with Crippen molar-refractivity contribution in [3.05, 3.63) is 35.7 Å². The number of allylic oxidation sites excluding steroid dienone is 2. The smallest absolute Gasteiger partial charge is 0.166 e. The topological polar surface area (TPSA) is 32.9 Å². The predicted molar refractivity (Wildman–Crippen MR) is 114 cm³/mol. The third-order valence-electron chi connectivity index (χ3n) is 5.10. The van der Waals surface area contributed by atoms with Crippen molar-refractivity contribution in [2.24, 2.45) is 0 Å². The fourth-order valence-electron chi connectivity index (χ4n) is 3.41. The number of nitrogens with one attached hydrogen (secondary N) is 1. The lowest BCUT2D eigenvalue weighted by Crippen LogP contribution is -1.88. The van der Waals surface area contributed by atoms with Crippen LogP contribution in [0.3, 0.4) is 0 Å². The average molecular weight is 360 g/mol. The van der Waals surface area contributed by atoms with E-state index in [2.05, 4.69) is 24.1 Å². The zero-order chi connectivity index (χ0) is 18.7. The second-order valence-corrected chi connectivity index (χ2v) is 7.60. The Kier molecular flexibility index (Phi) is 15.0. The molecule has 2 nitrogen and oxygen atoms in total. The molecule has 1 N–H and O–H groups in total. The Morgan fingerprint density at radius 1 is 0.731 bits per heavy atom. The lowest BCUT2D eigenvalue weighted by Gasteiger charge is -2.02. The summed E-state index contributed by atoms with van der Waals surface area (Å²) in [5.41, 5.74) is 1.89. The van der Waals surface area contributed by atoms with Crippen molar-refractivity contribution in [3.63, 3.8) is 0 Å². The maximum absolute atomic E-state index is 10.6. The Morgan fingerprint density at radius 2 is 1.27 bits per heavy atom. The van der Waals surface area contributed by atoms with Crippen molar-refractivity contribution < 1.29 is 4.79 Å². The molecule has 0 saturated carbocycles. The summed E-state index contributed by atoms with van der Waals surface area (Å²) in [5, 5.41) is 0. The fourth-order valence-corrected chi connectivity index (χ4v) is 3.41. The number of carbonyl (C=O) groups is 1.